The molecule has 0 aliphatic carbocycles. The number of carbonyl (C=O) groups excluding carboxylic acids is 1. The summed E-state index contributed by atoms with van der Waals surface area (Å²) in [6.45, 7) is 2.00. The number of aromatic carboxylic acids is 1. The van der Waals surface area contributed by atoms with Crippen LogP contribution in [0.25, 0.3) is 11.8 Å². The molecule has 3 rings (SSSR count). The summed E-state index contributed by atoms with van der Waals surface area (Å²) in [7, 11) is 0. The van der Waals surface area contributed by atoms with Crippen LogP contribution >= 0.6 is 0 Å². The molecule has 0 fully saturated rings. The Balaban J connectivity index is 1.87. The van der Waals surface area contributed by atoms with Gasteiger partial charge in [-0.2, -0.15) is 5.26 Å². The number of carboxylic acids is 1. The fraction of sp³-hybridized carbons (Fsp3) is 0.0455. The lowest BCUT2D eigenvalue weighted by Crippen LogP contribution is -2.14. The molecule has 2 aromatic carbocycles. The molecule has 0 saturated heterocycles. The van der Waals surface area contributed by atoms with Gasteiger partial charge < -0.3 is 15.0 Å². The van der Waals surface area contributed by atoms with Gasteiger partial charge in [-0.1, -0.05) is 23.8 Å². The summed E-state index contributed by atoms with van der Waals surface area (Å²) >= 11 is 0. The fourth-order valence-corrected chi connectivity index (χ4v) is 2.68. The largest absolute Gasteiger partial charge is 0.478 e. The number of anilines is 1. The summed E-state index contributed by atoms with van der Waals surface area (Å²) in [5, 5.41) is 21.0. The zero-order chi connectivity index (χ0) is 20.1. The summed E-state index contributed by atoms with van der Waals surface area (Å²) in [6, 6.07) is 19.3. The number of aromatic nitrogens is 1. The Bertz CT molecular complexity index is 1100. The molecule has 0 radical (unpaired) electrons. The Hall–Kier alpha value is -4.11. The number of carbonyl (C=O) groups is 2. The van der Waals surface area contributed by atoms with E-state index in [4.69, 9.17) is 5.11 Å². The molecule has 0 aliphatic heterocycles. The summed E-state index contributed by atoms with van der Waals surface area (Å²) in [5.41, 5.74) is 2.98. The molecular weight excluding hydrogens is 354 g/mol. The maximum absolute atomic E-state index is 12.5. The Labute approximate surface area is 162 Å². The number of rotatable bonds is 5. The SMILES string of the molecule is Cc1ccc(-n2cccc2/C=C(/C#N)C(=O)Nc2cccc(C(=O)O)c2)cc1. The third kappa shape index (κ3) is 4.17. The average Bonchev–Trinajstić information content (AvgIpc) is 3.15. The average molecular weight is 371 g/mol. The maximum Gasteiger partial charge on any atom is 0.335 e. The number of nitrogens with zero attached hydrogens (tertiary/aromatic N) is 2. The van der Waals surface area contributed by atoms with Crippen LogP contribution in [-0.4, -0.2) is 21.6 Å². The molecule has 0 spiro atoms. The van der Waals surface area contributed by atoms with Crippen LogP contribution in [0, 0.1) is 18.3 Å². The van der Waals surface area contributed by atoms with Crippen molar-refractivity contribution >= 4 is 23.6 Å². The number of benzene rings is 2. The minimum atomic E-state index is -1.09. The standard InChI is InChI=1S/C22H17N3O3/c1-15-7-9-19(10-8-15)25-11-3-6-20(25)13-17(14-23)21(26)24-18-5-2-4-16(12-18)22(27)28/h2-13H,1H3,(H,24,26)(H,27,28)/b17-13-. The van der Waals surface area contributed by atoms with Gasteiger partial charge in [0.25, 0.3) is 5.91 Å². The molecule has 0 bridgehead atoms. The first-order valence-corrected chi connectivity index (χ1v) is 8.49. The molecular formula is C22H17N3O3. The van der Waals surface area contributed by atoms with Crippen LogP contribution in [0.15, 0.2) is 72.4 Å². The van der Waals surface area contributed by atoms with Crippen molar-refractivity contribution in [3.63, 3.8) is 0 Å². The van der Waals surface area contributed by atoms with Gasteiger partial charge in [-0.25, -0.2) is 4.79 Å². The number of nitrogens with one attached hydrogen (secondary N) is 1. The molecule has 0 aliphatic rings. The van der Waals surface area contributed by atoms with E-state index in [1.54, 1.807) is 12.1 Å². The third-order valence-corrected chi connectivity index (χ3v) is 4.12. The summed E-state index contributed by atoms with van der Waals surface area (Å²) < 4.78 is 1.87. The number of amides is 1. The van der Waals surface area contributed by atoms with Crippen LogP contribution in [0.4, 0.5) is 5.69 Å². The molecule has 138 valence electrons. The van der Waals surface area contributed by atoms with E-state index in [0.29, 0.717) is 11.4 Å². The second-order valence-corrected chi connectivity index (χ2v) is 6.15. The van der Waals surface area contributed by atoms with E-state index in [1.165, 1.54) is 24.3 Å². The number of carboxylic acid groups (broad SMARTS) is 1. The summed E-state index contributed by atoms with van der Waals surface area (Å²) in [6.07, 6.45) is 3.34. The van der Waals surface area contributed by atoms with Crippen LogP contribution in [0.5, 0.6) is 0 Å². The molecule has 1 amide bonds. The first kappa shape index (κ1) is 18.7. The lowest BCUT2D eigenvalue weighted by atomic mass is 10.1. The smallest absolute Gasteiger partial charge is 0.335 e. The van der Waals surface area contributed by atoms with Crippen LogP contribution in [0.1, 0.15) is 21.6 Å². The van der Waals surface area contributed by atoms with Crippen molar-refractivity contribution in [1.29, 1.82) is 5.26 Å². The van der Waals surface area contributed by atoms with Gasteiger partial charge in [0.1, 0.15) is 11.6 Å². The molecule has 6 nitrogen and oxygen atoms in total. The molecule has 28 heavy (non-hydrogen) atoms. The molecule has 6 heteroatoms. The third-order valence-electron chi connectivity index (χ3n) is 4.12. The lowest BCUT2D eigenvalue weighted by Gasteiger charge is -2.08. The first-order valence-electron chi connectivity index (χ1n) is 8.49. The minimum absolute atomic E-state index is 0.0496. The van der Waals surface area contributed by atoms with E-state index in [1.807, 2.05) is 54.1 Å². The van der Waals surface area contributed by atoms with Gasteiger partial charge in [0, 0.05) is 23.3 Å². The minimum Gasteiger partial charge on any atom is -0.478 e. The van der Waals surface area contributed by atoms with E-state index in [-0.39, 0.29) is 11.1 Å². The normalized spacial score (nSPS) is 10.9. The van der Waals surface area contributed by atoms with Crippen molar-refractivity contribution in [3.05, 3.63) is 89.3 Å². The second-order valence-electron chi connectivity index (χ2n) is 6.15. The maximum atomic E-state index is 12.5. The van der Waals surface area contributed by atoms with Crippen LogP contribution in [0.3, 0.4) is 0 Å². The topological polar surface area (TPSA) is 95.1 Å². The van der Waals surface area contributed by atoms with Gasteiger partial charge in [-0.15, -0.1) is 0 Å². The second kappa shape index (κ2) is 8.06. The molecule has 3 aromatic rings. The Morgan fingerprint density at radius 1 is 1.11 bits per heavy atom. The van der Waals surface area contributed by atoms with E-state index in [0.717, 1.165) is 11.3 Å². The predicted molar refractivity (Wildman–Crippen MR) is 106 cm³/mol. The van der Waals surface area contributed by atoms with Crippen molar-refractivity contribution in [2.75, 3.05) is 5.32 Å². The highest BCUT2D eigenvalue weighted by molar-refractivity contribution is 6.09. The number of nitriles is 1. The van der Waals surface area contributed by atoms with Gasteiger partial charge in [-0.3, -0.25) is 4.79 Å². The Morgan fingerprint density at radius 3 is 2.54 bits per heavy atom. The van der Waals surface area contributed by atoms with E-state index >= 15 is 0 Å². The zero-order valence-electron chi connectivity index (χ0n) is 15.1. The lowest BCUT2D eigenvalue weighted by molar-refractivity contribution is -0.112. The molecule has 1 aromatic heterocycles. The number of hydrogen-bond acceptors (Lipinski definition) is 3. The number of aryl methyl sites for hydroxylation is 1. The van der Waals surface area contributed by atoms with Gasteiger partial charge in [0.2, 0.25) is 0 Å². The fourth-order valence-electron chi connectivity index (χ4n) is 2.68. The highest BCUT2D eigenvalue weighted by Crippen LogP contribution is 2.17. The van der Waals surface area contributed by atoms with Crippen LogP contribution < -0.4 is 5.32 Å². The van der Waals surface area contributed by atoms with Crippen molar-refractivity contribution in [3.8, 4) is 11.8 Å². The first-order chi connectivity index (χ1) is 13.5. The summed E-state index contributed by atoms with van der Waals surface area (Å²) in [5.74, 6) is -1.70. The van der Waals surface area contributed by atoms with E-state index in [2.05, 4.69) is 5.32 Å². The molecule has 2 N–H and O–H groups in total. The molecule has 0 atom stereocenters. The van der Waals surface area contributed by atoms with Gasteiger partial charge >= 0.3 is 5.97 Å². The van der Waals surface area contributed by atoms with Gasteiger partial charge in [0.05, 0.1) is 5.56 Å². The monoisotopic (exact) mass is 371 g/mol. The van der Waals surface area contributed by atoms with Crippen molar-refractivity contribution in [2.24, 2.45) is 0 Å². The number of hydrogen-bond donors (Lipinski definition) is 2. The Morgan fingerprint density at radius 2 is 1.86 bits per heavy atom. The highest BCUT2D eigenvalue weighted by atomic mass is 16.4. The van der Waals surface area contributed by atoms with Crippen LogP contribution in [-0.2, 0) is 4.79 Å². The predicted octanol–water partition coefficient (Wildman–Crippen LogP) is 4.03. The molecule has 0 unspecified atom stereocenters. The summed E-state index contributed by atoms with van der Waals surface area (Å²) in [4.78, 5) is 23.5. The van der Waals surface area contributed by atoms with Gasteiger partial charge in [-0.05, 0) is 55.5 Å². The van der Waals surface area contributed by atoms with Crippen molar-refractivity contribution in [2.45, 2.75) is 6.92 Å². The van der Waals surface area contributed by atoms with E-state index < -0.39 is 11.9 Å². The van der Waals surface area contributed by atoms with E-state index in [9.17, 15) is 14.9 Å². The van der Waals surface area contributed by atoms with Crippen molar-refractivity contribution in [1.82, 2.24) is 4.57 Å². The quantitative estimate of drug-likeness (QED) is 0.523. The highest BCUT2D eigenvalue weighted by Gasteiger charge is 2.12. The van der Waals surface area contributed by atoms with Gasteiger partial charge in [0.15, 0.2) is 0 Å². The molecule has 0 saturated carbocycles. The molecule has 1 heterocycles. The van der Waals surface area contributed by atoms with Crippen molar-refractivity contribution < 1.29 is 14.7 Å². The van der Waals surface area contributed by atoms with Crippen LogP contribution in [0.2, 0.25) is 0 Å². The Kier molecular flexibility index (Phi) is 5.38. The zero-order valence-corrected chi connectivity index (χ0v) is 15.1.